The van der Waals surface area contributed by atoms with Crippen LogP contribution in [-0.4, -0.2) is 47.3 Å². The molecule has 0 aromatic carbocycles. The fraction of sp³-hybridized carbons (Fsp3) is 1.00. The Morgan fingerprint density at radius 1 is 1.18 bits per heavy atom. The maximum atomic E-state index is 5.61. The van der Waals surface area contributed by atoms with Crippen molar-refractivity contribution in [1.82, 2.24) is 5.06 Å². The van der Waals surface area contributed by atoms with Crippen LogP contribution in [0.15, 0.2) is 0 Å². The zero-order chi connectivity index (χ0) is 13.5. The van der Waals surface area contributed by atoms with Crippen molar-refractivity contribution in [2.45, 2.75) is 64.6 Å². The minimum absolute atomic E-state index is 0.0955. The van der Waals surface area contributed by atoms with E-state index in [2.05, 4.69) is 53.8 Å². The molecule has 0 aromatic rings. The van der Waals surface area contributed by atoms with E-state index in [0.29, 0.717) is 6.04 Å². The van der Waals surface area contributed by atoms with Gasteiger partial charge in [-0.05, 0) is 34.6 Å². The third kappa shape index (κ3) is 3.14. The highest BCUT2D eigenvalue weighted by Crippen LogP contribution is 2.42. The van der Waals surface area contributed by atoms with Gasteiger partial charge in [0.25, 0.3) is 0 Å². The molecule has 1 rings (SSSR count). The molecule has 1 aliphatic rings. The van der Waals surface area contributed by atoms with E-state index < -0.39 is 0 Å². The van der Waals surface area contributed by atoms with E-state index in [1.54, 1.807) is 0 Å². The van der Waals surface area contributed by atoms with Crippen LogP contribution < -0.4 is 0 Å². The lowest BCUT2D eigenvalue weighted by Gasteiger charge is -2.55. The molecule has 4 heteroatoms. The molecule has 0 saturated carbocycles. The van der Waals surface area contributed by atoms with Crippen molar-refractivity contribution in [2.75, 3.05) is 20.6 Å². The van der Waals surface area contributed by atoms with Crippen LogP contribution >= 0.6 is 23.0 Å². The molecule has 1 saturated heterocycles. The Hall–Kier alpha value is 0.610. The van der Waals surface area contributed by atoms with Gasteiger partial charge in [0.1, 0.15) is 23.0 Å². The predicted molar refractivity (Wildman–Crippen MR) is 80.8 cm³/mol. The predicted octanol–water partition coefficient (Wildman–Crippen LogP) is 3.39. The lowest BCUT2D eigenvalue weighted by Crippen LogP contribution is -2.66. The van der Waals surface area contributed by atoms with Crippen LogP contribution in [0, 0.1) is 0 Å². The van der Waals surface area contributed by atoms with Gasteiger partial charge in [0, 0.05) is 23.9 Å². The first-order chi connectivity index (χ1) is 7.57. The molecule has 0 bridgehead atoms. The quantitative estimate of drug-likeness (QED) is 0.569. The Morgan fingerprint density at radius 3 is 1.88 bits per heavy atom. The second-order valence-electron chi connectivity index (χ2n) is 7.15. The molecule has 0 aromatic heterocycles. The number of hydrogen-bond donors (Lipinski definition) is 0. The van der Waals surface area contributed by atoms with Gasteiger partial charge in [-0.25, -0.2) is 3.17 Å². The molecular formula is C13H28IN2O+. The summed E-state index contributed by atoms with van der Waals surface area (Å²) < 4.78 is 6.71. The summed E-state index contributed by atoms with van der Waals surface area (Å²) in [7, 11) is 4.69. The average Bonchev–Trinajstić information content (AvgIpc) is 2.14. The van der Waals surface area contributed by atoms with Crippen LogP contribution in [0.3, 0.4) is 0 Å². The topological polar surface area (TPSA) is 12.5 Å². The van der Waals surface area contributed by atoms with Gasteiger partial charge in [0.05, 0.1) is 26.7 Å². The molecule has 1 fully saturated rings. The minimum Gasteiger partial charge on any atom is -0.326 e. The number of hydrogen-bond acceptors (Lipinski definition) is 2. The zero-order valence-corrected chi connectivity index (χ0v) is 14.5. The van der Waals surface area contributed by atoms with Crippen LogP contribution in [0.4, 0.5) is 0 Å². The minimum atomic E-state index is 0.0955. The number of nitrogens with zero attached hydrogens (tertiary/aromatic N) is 2. The van der Waals surface area contributed by atoms with Gasteiger partial charge >= 0.3 is 0 Å². The van der Waals surface area contributed by atoms with Crippen molar-refractivity contribution in [1.29, 1.82) is 0 Å². The Morgan fingerprint density at radius 2 is 1.59 bits per heavy atom. The summed E-state index contributed by atoms with van der Waals surface area (Å²) in [6, 6.07) is 0.702. The van der Waals surface area contributed by atoms with Crippen molar-refractivity contribution in [3.63, 3.8) is 0 Å². The summed E-state index contributed by atoms with van der Waals surface area (Å²) in [5.41, 5.74) is 0.191. The zero-order valence-electron chi connectivity index (χ0n) is 12.4. The number of hydroxylamine groups is 2. The van der Waals surface area contributed by atoms with Gasteiger partial charge in [-0.15, -0.1) is 0 Å². The Kier molecular flexibility index (Phi) is 4.56. The van der Waals surface area contributed by atoms with E-state index in [4.69, 9.17) is 3.17 Å². The summed E-state index contributed by atoms with van der Waals surface area (Å²) in [5, 5.41) is 2.17. The van der Waals surface area contributed by atoms with E-state index in [1.807, 2.05) is 23.0 Å². The van der Waals surface area contributed by atoms with E-state index in [-0.39, 0.29) is 11.1 Å². The summed E-state index contributed by atoms with van der Waals surface area (Å²) in [6.45, 7) is 12.6. The fourth-order valence-electron chi connectivity index (χ4n) is 3.15. The standard InChI is InChI=1S/C13H28IN2O/c1-8-16(6,7)11-9-12(2,3)15(17-14)13(4,5)10-11/h11H,8-10H2,1-7H3/q+1. The second-order valence-corrected chi connectivity index (χ2v) is 7.54. The monoisotopic (exact) mass is 355 g/mol. The second kappa shape index (κ2) is 4.94. The van der Waals surface area contributed by atoms with Gasteiger partial charge < -0.3 is 4.48 Å². The molecule has 0 aliphatic carbocycles. The van der Waals surface area contributed by atoms with E-state index >= 15 is 0 Å². The Labute approximate surface area is 121 Å². The molecule has 0 atom stereocenters. The largest absolute Gasteiger partial charge is 0.326 e. The molecule has 0 radical (unpaired) electrons. The summed E-state index contributed by atoms with van der Waals surface area (Å²) in [4.78, 5) is 0. The first kappa shape index (κ1) is 15.7. The lowest BCUT2D eigenvalue weighted by molar-refractivity contribution is -0.916. The average molecular weight is 355 g/mol. The van der Waals surface area contributed by atoms with Crippen molar-refractivity contribution >= 4 is 23.0 Å². The fourth-order valence-corrected chi connectivity index (χ4v) is 4.22. The highest BCUT2D eigenvalue weighted by molar-refractivity contribution is 14.1. The Bertz CT molecular complexity index is 259. The van der Waals surface area contributed by atoms with E-state index in [9.17, 15) is 0 Å². The third-order valence-corrected chi connectivity index (χ3v) is 4.84. The van der Waals surface area contributed by atoms with Crippen molar-refractivity contribution in [2.24, 2.45) is 0 Å². The van der Waals surface area contributed by atoms with Crippen LogP contribution in [0.25, 0.3) is 0 Å². The highest BCUT2D eigenvalue weighted by atomic mass is 127. The summed E-state index contributed by atoms with van der Waals surface area (Å²) in [6.07, 6.45) is 2.36. The van der Waals surface area contributed by atoms with Gasteiger partial charge in [-0.3, -0.25) is 0 Å². The number of piperidine rings is 1. The maximum Gasteiger partial charge on any atom is 0.137 e. The Balaban J connectivity index is 2.99. The number of quaternary nitrogens is 1. The molecule has 3 nitrogen and oxygen atoms in total. The molecule has 0 unspecified atom stereocenters. The molecule has 17 heavy (non-hydrogen) atoms. The molecule has 1 heterocycles. The number of rotatable bonds is 3. The third-order valence-electron chi connectivity index (χ3n) is 4.44. The van der Waals surface area contributed by atoms with E-state index in [0.717, 1.165) is 4.48 Å². The maximum absolute atomic E-state index is 5.61. The van der Waals surface area contributed by atoms with Crippen LogP contribution in [0.5, 0.6) is 0 Å². The van der Waals surface area contributed by atoms with Gasteiger partial charge in [-0.1, -0.05) is 0 Å². The molecule has 0 N–H and O–H groups in total. The van der Waals surface area contributed by atoms with Crippen LogP contribution in [0.2, 0.25) is 0 Å². The van der Waals surface area contributed by atoms with Gasteiger partial charge in [-0.2, -0.15) is 5.06 Å². The van der Waals surface area contributed by atoms with Crippen molar-refractivity contribution < 1.29 is 7.65 Å². The van der Waals surface area contributed by atoms with Gasteiger partial charge in [0.2, 0.25) is 0 Å². The number of halogens is 1. The van der Waals surface area contributed by atoms with Crippen LogP contribution in [0.1, 0.15) is 47.5 Å². The first-order valence-electron chi connectivity index (χ1n) is 6.48. The SMILES string of the molecule is CC[N+](C)(C)C1CC(C)(C)N(OI)C(C)(C)C1. The highest BCUT2D eigenvalue weighted by Gasteiger charge is 2.50. The normalized spacial score (nSPS) is 26.1. The van der Waals surface area contributed by atoms with E-state index in [1.165, 1.54) is 19.4 Å². The first-order valence-corrected chi connectivity index (χ1v) is 7.36. The van der Waals surface area contributed by atoms with Crippen LogP contribution in [-0.2, 0) is 3.17 Å². The molecule has 1 aliphatic heterocycles. The summed E-state index contributed by atoms with van der Waals surface area (Å²) >= 11 is 2.02. The molecule has 0 amide bonds. The molecule has 102 valence electrons. The lowest BCUT2D eigenvalue weighted by atomic mass is 9.77. The van der Waals surface area contributed by atoms with Crippen molar-refractivity contribution in [3.05, 3.63) is 0 Å². The van der Waals surface area contributed by atoms with Crippen molar-refractivity contribution in [3.8, 4) is 0 Å². The summed E-state index contributed by atoms with van der Waals surface area (Å²) in [5.74, 6) is 0. The molecule has 0 spiro atoms. The van der Waals surface area contributed by atoms with Gasteiger partial charge in [0.15, 0.2) is 0 Å². The smallest absolute Gasteiger partial charge is 0.137 e. The molecular weight excluding hydrogens is 327 g/mol.